The van der Waals surface area contributed by atoms with Crippen LogP contribution in [0, 0.1) is 6.92 Å². The molecule has 1 aromatic heterocycles. The van der Waals surface area contributed by atoms with Crippen LogP contribution in [-0.2, 0) is 0 Å². The van der Waals surface area contributed by atoms with Gasteiger partial charge in [0.15, 0.2) is 5.13 Å². The lowest BCUT2D eigenvalue weighted by Crippen LogP contribution is -2.23. The molecule has 0 amide bonds. The molecule has 0 aromatic carbocycles. The summed E-state index contributed by atoms with van der Waals surface area (Å²) in [5.74, 6) is 0. The van der Waals surface area contributed by atoms with Crippen LogP contribution in [-0.4, -0.2) is 23.2 Å². The van der Waals surface area contributed by atoms with Gasteiger partial charge in [0.05, 0.1) is 16.7 Å². The lowest BCUT2D eigenvalue weighted by atomic mass is 10.3. The van der Waals surface area contributed by atoms with E-state index in [1.807, 2.05) is 6.92 Å². The number of aromatic nitrogens is 1. The van der Waals surface area contributed by atoms with E-state index in [0.29, 0.717) is 0 Å². The molecule has 86 valence electrons. The molecule has 4 heteroatoms. The molecule has 1 atom stereocenters. The third-order valence-corrected chi connectivity index (χ3v) is 3.73. The van der Waals surface area contributed by atoms with Gasteiger partial charge in [-0.25, -0.2) is 4.98 Å². The Balaban J connectivity index is 2.89. The van der Waals surface area contributed by atoms with Crippen LogP contribution in [0.25, 0.3) is 0 Å². The number of nitrogens with zero attached hydrogens (tertiary/aromatic N) is 2. The minimum Gasteiger partial charge on any atom is -0.388 e. The van der Waals surface area contributed by atoms with Crippen LogP contribution in [0.15, 0.2) is 0 Å². The number of rotatable bonds is 5. The molecule has 0 radical (unpaired) electrons. The van der Waals surface area contributed by atoms with E-state index >= 15 is 0 Å². The first-order valence-corrected chi connectivity index (χ1v) is 6.32. The highest BCUT2D eigenvalue weighted by atomic mass is 32.1. The van der Waals surface area contributed by atoms with Crippen LogP contribution in [0.3, 0.4) is 0 Å². The Labute approximate surface area is 95.8 Å². The van der Waals surface area contributed by atoms with E-state index in [1.165, 1.54) is 0 Å². The smallest absolute Gasteiger partial charge is 0.185 e. The molecule has 3 nitrogen and oxygen atoms in total. The maximum Gasteiger partial charge on any atom is 0.185 e. The van der Waals surface area contributed by atoms with Gasteiger partial charge in [0.25, 0.3) is 0 Å². The summed E-state index contributed by atoms with van der Waals surface area (Å²) in [4.78, 5) is 7.75. The molecule has 0 bridgehead atoms. The highest BCUT2D eigenvalue weighted by Crippen LogP contribution is 2.30. The van der Waals surface area contributed by atoms with Crippen molar-refractivity contribution in [1.29, 1.82) is 0 Å². The lowest BCUT2D eigenvalue weighted by Gasteiger charge is -2.18. The molecule has 1 rings (SSSR count). The van der Waals surface area contributed by atoms with E-state index in [-0.39, 0.29) is 0 Å². The third-order valence-electron chi connectivity index (χ3n) is 2.35. The van der Waals surface area contributed by atoms with Gasteiger partial charge in [0.2, 0.25) is 0 Å². The number of hydrogen-bond acceptors (Lipinski definition) is 4. The van der Waals surface area contributed by atoms with Crippen molar-refractivity contribution in [3.8, 4) is 0 Å². The molecule has 0 spiro atoms. The number of hydrogen-bond donors (Lipinski definition) is 1. The fourth-order valence-corrected chi connectivity index (χ4v) is 2.67. The van der Waals surface area contributed by atoms with E-state index in [2.05, 4.69) is 23.7 Å². The van der Waals surface area contributed by atoms with Crippen LogP contribution < -0.4 is 4.90 Å². The summed E-state index contributed by atoms with van der Waals surface area (Å²) < 4.78 is 0. The van der Waals surface area contributed by atoms with E-state index in [4.69, 9.17) is 0 Å². The first kappa shape index (κ1) is 12.5. The normalized spacial score (nSPS) is 12.9. The summed E-state index contributed by atoms with van der Waals surface area (Å²) in [7, 11) is 0. The Kier molecular flexibility index (Phi) is 4.54. The SMILES string of the molecule is CCCN(CC)c1nc(C)c(C(C)O)s1. The van der Waals surface area contributed by atoms with Gasteiger partial charge in [-0.1, -0.05) is 18.3 Å². The monoisotopic (exact) mass is 228 g/mol. The number of thiazole rings is 1. The third kappa shape index (κ3) is 2.92. The van der Waals surface area contributed by atoms with Gasteiger partial charge in [-0.15, -0.1) is 0 Å². The van der Waals surface area contributed by atoms with Gasteiger partial charge in [0, 0.05) is 13.1 Å². The van der Waals surface area contributed by atoms with Crippen molar-refractivity contribution in [3.63, 3.8) is 0 Å². The van der Waals surface area contributed by atoms with E-state index in [9.17, 15) is 5.11 Å². The average Bonchev–Trinajstić information content (AvgIpc) is 2.56. The van der Waals surface area contributed by atoms with E-state index < -0.39 is 6.10 Å². The van der Waals surface area contributed by atoms with Crippen molar-refractivity contribution in [1.82, 2.24) is 4.98 Å². The maximum absolute atomic E-state index is 9.55. The topological polar surface area (TPSA) is 36.4 Å². The highest BCUT2D eigenvalue weighted by molar-refractivity contribution is 7.15. The molecule has 1 heterocycles. The summed E-state index contributed by atoms with van der Waals surface area (Å²) in [6, 6.07) is 0. The zero-order valence-corrected chi connectivity index (χ0v) is 10.8. The van der Waals surface area contributed by atoms with Gasteiger partial charge >= 0.3 is 0 Å². The van der Waals surface area contributed by atoms with Crippen molar-refractivity contribution in [2.75, 3.05) is 18.0 Å². The second kappa shape index (κ2) is 5.47. The van der Waals surface area contributed by atoms with Crippen molar-refractivity contribution in [2.24, 2.45) is 0 Å². The van der Waals surface area contributed by atoms with Crippen molar-refractivity contribution in [3.05, 3.63) is 10.6 Å². The summed E-state index contributed by atoms with van der Waals surface area (Å²) in [6.07, 6.45) is 0.716. The maximum atomic E-state index is 9.55. The Morgan fingerprint density at radius 1 is 1.47 bits per heavy atom. The lowest BCUT2D eigenvalue weighted by molar-refractivity contribution is 0.202. The van der Waals surface area contributed by atoms with Crippen LogP contribution >= 0.6 is 11.3 Å². The molecule has 0 aliphatic heterocycles. The molecule has 15 heavy (non-hydrogen) atoms. The van der Waals surface area contributed by atoms with Crippen LogP contribution in [0.1, 0.15) is 43.9 Å². The highest BCUT2D eigenvalue weighted by Gasteiger charge is 2.15. The molecular formula is C11H20N2OS. The van der Waals surface area contributed by atoms with Crippen LogP contribution in [0.4, 0.5) is 5.13 Å². The minimum absolute atomic E-state index is 0.406. The second-order valence-electron chi connectivity index (χ2n) is 3.70. The van der Waals surface area contributed by atoms with Gasteiger partial charge in [-0.3, -0.25) is 0 Å². The van der Waals surface area contributed by atoms with Crippen molar-refractivity contribution < 1.29 is 5.11 Å². The molecule has 0 aliphatic carbocycles. The van der Waals surface area contributed by atoms with Crippen molar-refractivity contribution >= 4 is 16.5 Å². The molecular weight excluding hydrogens is 208 g/mol. The zero-order valence-electron chi connectivity index (χ0n) is 9.95. The second-order valence-corrected chi connectivity index (χ2v) is 4.71. The largest absolute Gasteiger partial charge is 0.388 e. The number of aliphatic hydroxyl groups excluding tert-OH is 1. The summed E-state index contributed by atoms with van der Waals surface area (Å²) in [5.41, 5.74) is 0.958. The van der Waals surface area contributed by atoms with Gasteiger partial charge in [-0.05, 0) is 27.2 Å². The molecule has 0 fully saturated rings. The van der Waals surface area contributed by atoms with Gasteiger partial charge in [0.1, 0.15) is 0 Å². The Bertz CT molecular complexity index is 310. The van der Waals surface area contributed by atoms with Gasteiger partial charge in [-0.2, -0.15) is 0 Å². The average molecular weight is 228 g/mol. The summed E-state index contributed by atoms with van der Waals surface area (Å²) in [6.45, 7) is 10.1. The standard InChI is InChI=1S/C11H20N2OS/c1-5-7-13(6-2)11-12-8(3)10(15-11)9(4)14/h9,14H,5-7H2,1-4H3. The first-order valence-electron chi connectivity index (χ1n) is 5.50. The van der Waals surface area contributed by atoms with Gasteiger partial charge < -0.3 is 10.0 Å². The molecule has 1 N–H and O–H groups in total. The number of aliphatic hydroxyl groups is 1. The zero-order chi connectivity index (χ0) is 11.4. The van der Waals surface area contributed by atoms with E-state index in [0.717, 1.165) is 35.2 Å². The van der Waals surface area contributed by atoms with Crippen LogP contribution in [0.2, 0.25) is 0 Å². The molecule has 0 aliphatic rings. The molecule has 0 saturated carbocycles. The van der Waals surface area contributed by atoms with Crippen molar-refractivity contribution in [2.45, 2.75) is 40.2 Å². The fourth-order valence-electron chi connectivity index (χ4n) is 1.58. The Morgan fingerprint density at radius 2 is 2.13 bits per heavy atom. The Hall–Kier alpha value is -0.610. The predicted molar refractivity (Wildman–Crippen MR) is 65.7 cm³/mol. The molecule has 1 aromatic rings. The number of aryl methyl sites for hydroxylation is 1. The van der Waals surface area contributed by atoms with E-state index in [1.54, 1.807) is 18.3 Å². The summed E-state index contributed by atoms with van der Waals surface area (Å²) in [5, 5.41) is 10.6. The minimum atomic E-state index is -0.406. The molecule has 1 unspecified atom stereocenters. The summed E-state index contributed by atoms with van der Waals surface area (Å²) >= 11 is 1.61. The first-order chi connectivity index (χ1) is 7.10. The quantitative estimate of drug-likeness (QED) is 0.842. The Morgan fingerprint density at radius 3 is 2.53 bits per heavy atom. The number of anilines is 1. The van der Waals surface area contributed by atoms with Crippen LogP contribution in [0.5, 0.6) is 0 Å². The fraction of sp³-hybridized carbons (Fsp3) is 0.727. The predicted octanol–water partition coefficient (Wildman–Crippen LogP) is 2.74. The molecule has 0 saturated heterocycles.